The third-order valence-corrected chi connectivity index (χ3v) is 3.34. The minimum Gasteiger partial charge on any atom is -0.497 e. The highest BCUT2D eigenvalue weighted by Gasteiger charge is 2.08. The highest BCUT2D eigenvalue weighted by molar-refractivity contribution is 5.99. The van der Waals surface area contributed by atoms with Gasteiger partial charge in [0.2, 0.25) is 5.91 Å². The molecule has 0 fully saturated rings. The molecule has 0 radical (unpaired) electrons. The molecule has 0 atom stereocenters. The maximum Gasteiger partial charge on any atom is 0.220 e. The molecule has 0 bridgehead atoms. The molecule has 0 heterocycles. The first kappa shape index (κ1) is 15.8. The monoisotopic (exact) mass is 297 g/mol. The van der Waals surface area contributed by atoms with Gasteiger partial charge in [-0.15, -0.1) is 0 Å². The van der Waals surface area contributed by atoms with Crippen molar-refractivity contribution in [1.82, 2.24) is 5.32 Å². The van der Waals surface area contributed by atoms with Gasteiger partial charge in [0.05, 0.1) is 13.7 Å². The molecular weight excluding hydrogens is 278 g/mol. The minimum absolute atomic E-state index is 0.0332. The molecule has 0 unspecified atom stereocenters. The van der Waals surface area contributed by atoms with Crippen LogP contribution in [0.3, 0.4) is 0 Å². The van der Waals surface area contributed by atoms with Crippen LogP contribution >= 0.6 is 0 Å². The Morgan fingerprint density at radius 3 is 2.32 bits per heavy atom. The Hall–Kier alpha value is -2.62. The van der Waals surface area contributed by atoms with E-state index >= 15 is 0 Å². The van der Waals surface area contributed by atoms with Crippen molar-refractivity contribution in [3.05, 3.63) is 65.7 Å². The first-order valence-electron chi connectivity index (χ1n) is 7.17. The minimum atomic E-state index is -0.125. The molecule has 4 heteroatoms. The van der Waals surface area contributed by atoms with E-state index in [2.05, 4.69) is 5.32 Å². The van der Waals surface area contributed by atoms with E-state index in [1.54, 1.807) is 31.4 Å². The lowest BCUT2D eigenvalue weighted by molar-refractivity contribution is -0.120. The molecule has 2 rings (SSSR count). The van der Waals surface area contributed by atoms with Crippen LogP contribution in [0, 0.1) is 0 Å². The number of ether oxygens (including phenoxy) is 1. The number of ketones is 1. The molecule has 0 aliphatic heterocycles. The van der Waals surface area contributed by atoms with Gasteiger partial charge in [0.1, 0.15) is 5.75 Å². The highest BCUT2D eigenvalue weighted by atomic mass is 16.5. The van der Waals surface area contributed by atoms with E-state index in [0.717, 1.165) is 11.3 Å². The van der Waals surface area contributed by atoms with Crippen molar-refractivity contribution in [1.29, 1.82) is 0 Å². The summed E-state index contributed by atoms with van der Waals surface area (Å²) in [5.41, 5.74) is 1.67. The number of nitrogens with one attached hydrogen (secondary N) is 1. The maximum absolute atomic E-state index is 11.9. The Labute approximate surface area is 130 Å². The zero-order valence-corrected chi connectivity index (χ0v) is 12.5. The molecule has 2 aromatic rings. The number of carbonyl (C=O) groups is 2. The molecule has 0 saturated heterocycles. The Morgan fingerprint density at radius 1 is 1.00 bits per heavy atom. The lowest BCUT2D eigenvalue weighted by Gasteiger charge is -2.06. The van der Waals surface area contributed by atoms with Crippen molar-refractivity contribution in [3.8, 4) is 5.75 Å². The van der Waals surface area contributed by atoms with E-state index in [-0.39, 0.29) is 18.2 Å². The molecule has 0 aromatic heterocycles. The van der Waals surface area contributed by atoms with Crippen LogP contribution in [0.15, 0.2) is 54.6 Å². The van der Waals surface area contributed by atoms with Crippen LogP contribution in [0.4, 0.5) is 0 Å². The molecular formula is C18H19NO3. The highest BCUT2D eigenvalue weighted by Crippen LogP contribution is 2.12. The van der Waals surface area contributed by atoms with Crippen LogP contribution in [-0.4, -0.2) is 25.3 Å². The van der Waals surface area contributed by atoms with Gasteiger partial charge in [-0.2, -0.15) is 0 Å². The van der Waals surface area contributed by atoms with Crippen LogP contribution in [0.2, 0.25) is 0 Å². The quantitative estimate of drug-likeness (QED) is 0.799. The average Bonchev–Trinajstić information content (AvgIpc) is 2.59. The fraction of sp³-hybridized carbons (Fsp3) is 0.222. The molecule has 0 aliphatic rings. The summed E-state index contributed by atoms with van der Waals surface area (Å²) in [7, 11) is 1.62. The van der Waals surface area contributed by atoms with Crippen molar-refractivity contribution >= 4 is 11.7 Å². The van der Waals surface area contributed by atoms with Crippen LogP contribution in [0.1, 0.15) is 22.3 Å². The second-order valence-electron chi connectivity index (χ2n) is 4.91. The van der Waals surface area contributed by atoms with Gasteiger partial charge in [-0.25, -0.2) is 0 Å². The van der Waals surface area contributed by atoms with Crippen molar-refractivity contribution in [2.24, 2.45) is 0 Å². The number of aryl methyl sites for hydroxylation is 1. The van der Waals surface area contributed by atoms with Gasteiger partial charge in [-0.3, -0.25) is 9.59 Å². The summed E-state index contributed by atoms with van der Waals surface area (Å²) in [4.78, 5) is 23.7. The van der Waals surface area contributed by atoms with Gasteiger partial charge in [0.25, 0.3) is 0 Å². The molecule has 0 spiro atoms. The van der Waals surface area contributed by atoms with Gasteiger partial charge in [-0.05, 0) is 24.1 Å². The molecule has 2 aromatic carbocycles. The third-order valence-electron chi connectivity index (χ3n) is 3.34. The fourth-order valence-corrected chi connectivity index (χ4v) is 2.04. The smallest absolute Gasteiger partial charge is 0.220 e. The summed E-state index contributed by atoms with van der Waals surface area (Å²) in [6.45, 7) is 0.0332. The fourth-order valence-electron chi connectivity index (χ4n) is 2.04. The van der Waals surface area contributed by atoms with E-state index in [9.17, 15) is 9.59 Å². The largest absolute Gasteiger partial charge is 0.497 e. The van der Waals surface area contributed by atoms with Gasteiger partial charge in [0.15, 0.2) is 5.78 Å². The van der Waals surface area contributed by atoms with Gasteiger partial charge in [0, 0.05) is 12.0 Å². The van der Waals surface area contributed by atoms with E-state index in [4.69, 9.17) is 4.74 Å². The van der Waals surface area contributed by atoms with Crippen molar-refractivity contribution in [2.45, 2.75) is 12.8 Å². The summed E-state index contributed by atoms with van der Waals surface area (Å²) in [6.07, 6.45) is 0.990. The van der Waals surface area contributed by atoms with E-state index in [0.29, 0.717) is 18.4 Å². The van der Waals surface area contributed by atoms with Gasteiger partial charge in [-0.1, -0.05) is 42.5 Å². The van der Waals surface area contributed by atoms with E-state index in [1.807, 2.05) is 30.3 Å². The predicted octanol–water partition coefficient (Wildman–Crippen LogP) is 2.63. The number of benzene rings is 2. The lowest BCUT2D eigenvalue weighted by atomic mass is 10.1. The summed E-state index contributed by atoms with van der Waals surface area (Å²) < 4.78 is 5.08. The summed E-state index contributed by atoms with van der Waals surface area (Å²) >= 11 is 0. The van der Waals surface area contributed by atoms with Crippen molar-refractivity contribution < 1.29 is 14.3 Å². The Bertz CT molecular complexity index is 621. The number of amides is 1. The second kappa shape index (κ2) is 7.98. The normalized spacial score (nSPS) is 10.0. The van der Waals surface area contributed by atoms with Crippen molar-refractivity contribution in [3.63, 3.8) is 0 Å². The predicted molar refractivity (Wildman–Crippen MR) is 85.1 cm³/mol. The topological polar surface area (TPSA) is 55.4 Å². The molecule has 1 amide bonds. The molecule has 114 valence electrons. The Morgan fingerprint density at radius 2 is 1.68 bits per heavy atom. The van der Waals surface area contributed by atoms with Crippen LogP contribution < -0.4 is 10.1 Å². The summed E-state index contributed by atoms with van der Waals surface area (Å²) in [6, 6.07) is 16.5. The Kier molecular flexibility index (Phi) is 5.72. The number of carbonyl (C=O) groups excluding carboxylic acids is 2. The summed E-state index contributed by atoms with van der Waals surface area (Å²) in [5, 5.41) is 2.66. The number of hydrogen-bond donors (Lipinski definition) is 1. The lowest BCUT2D eigenvalue weighted by Crippen LogP contribution is -2.29. The molecule has 22 heavy (non-hydrogen) atoms. The van der Waals surface area contributed by atoms with Crippen LogP contribution in [0.25, 0.3) is 0 Å². The first-order valence-corrected chi connectivity index (χ1v) is 7.17. The zero-order valence-electron chi connectivity index (χ0n) is 12.5. The zero-order chi connectivity index (χ0) is 15.8. The number of methoxy groups -OCH3 is 1. The average molecular weight is 297 g/mol. The summed E-state index contributed by atoms with van der Waals surface area (Å²) in [5.74, 6) is 0.583. The Balaban J connectivity index is 1.74. The van der Waals surface area contributed by atoms with Crippen LogP contribution in [0.5, 0.6) is 5.75 Å². The SMILES string of the molecule is COc1ccc(CCC(=O)NCC(=O)c2ccccc2)cc1. The second-order valence-corrected chi connectivity index (χ2v) is 4.91. The van der Waals surface area contributed by atoms with Gasteiger partial charge >= 0.3 is 0 Å². The van der Waals surface area contributed by atoms with E-state index in [1.165, 1.54) is 0 Å². The number of hydrogen-bond acceptors (Lipinski definition) is 3. The first-order chi connectivity index (χ1) is 10.7. The number of rotatable bonds is 7. The van der Waals surface area contributed by atoms with Gasteiger partial charge < -0.3 is 10.1 Å². The molecule has 0 saturated carbocycles. The van der Waals surface area contributed by atoms with Crippen molar-refractivity contribution in [2.75, 3.05) is 13.7 Å². The standard InChI is InChI=1S/C18H19NO3/c1-22-16-10-7-14(8-11-16)9-12-18(21)19-13-17(20)15-5-3-2-4-6-15/h2-8,10-11H,9,12-13H2,1H3,(H,19,21). The molecule has 0 aliphatic carbocycles. The maximum atomic E-state index is 11.9. The number of Topliss-reactive ketones (excluding diaryl/α,β-unsaturated/α-hetero) is 1. The molecule has 1 N–H and O–H groups in total. The van der Waals surface area contributed by atoms with Crippen LogP contribution in [-0.2, 0) is 11.2 Å². The third kappa shape index (κ3) is 4.74. The molecule has 4 nitrogen and oxygen atoms in total. The van der Waals surface area contributed by atoms with E-state index < -0.39 is 0 Å².